The molecule has 0 aliphatic heterocycles. The van der Waals surface area contributed by atoms with Crippen molar-refractivity contribution in [3.05, 3.63) is 70.8 Å². The van der Waals surface area contributed by atoms with Gasteiger partial charge in [0.1, 0.15) is 0 Å². The van der Waals surface area contributed by atoms with Crippen LogP contribution < -0.4 is 5.32 Å². The van der Waals surface area contributed by atoms with E-state index >= 15 is 0 Å². The van der Waals surface area contributed by atoms with Crippen molar-refractivity contribution in [1.29, 1.82) is 0 Å². The molecule has 3 nitrogen and oxygen atoms in total. The van der Waals surface area contributed by atoms with E-state index in [2.05, 4.69) is 31.3 Å². The molecule has 23 heavy (non-hydrogen) atoms. The lowest BCUT2D eigenvalue weighted by Crippen LogP contribution is -2.26. The van der Waals surface area contributed by atoms with Gasteiger partial charge in [-0.05, 0) is 41.5 Å². The van der Waals surface area contributed by atoms with Crippen LogP contribution in [-0.4, -0.2) is 17.6 Å². The van der Waals surface area contributed by atoms with E-state index in [0.717, 1.165) is 17.5 Å². The lowest BCUT2D eigenvalue weighted by atomic mass is 9.93. The number of aryl methyl sites for hydroxylation is 1. The third-order valence-electron chi connectivity index (χ3n) is 4.15. The average Bonchev–Trinajstić information content (AvgIpc) is 2.55. The second-order valence-electron chi connectivity index (χ2n) is 6.04. The summed E-state index contributed by atoms with van der Waals surface area (Å²) in [6.45, 7) is 4.88. The molecular formula is C20H25NO2. The number of amides is 1. The Morgan fingerprint density at radius 2 is 1.74 bits per heavy atom. The van der Waals surface area contributed by atoms with E-state index in [4.69, 9.17) is 5.11 Å². The molecular weight excluding hydrogens is 286 g/mol. The van der Waals surface area contributed by atoms with E-state index in [0.29, 0.717) is 13.0 Å². The maximum absolute atomic E-state index is 12.1. The van der Waals surface area contributed by atoms with Gasteiger partial charge in [0.25, 0.3) is 0 Å². The molecule has 0 heterocycles. The quantitative estimate of drug-likeness (QED) is 0.824. The van der Waals surface area contributed by atoms with Crippen LogP contribution in [0.5, 0.6) is 0 Å². The Morgan fingerprint density at radius 3 is 2.39 bits per heavy atom. The fraction of sp³-hybridized carbons (Fsp3) is 0.350. The molecule has 2 aromatic rings. The van der Waals surface area contributed by atoms with Gasteiger partial charge in [0, 0.05) is 13.0 Å². The molecule has 1 amide bonds. The summed E-state index contributed by atoms with van der Waals surface area (Å²) in [4.78, 5) is 12.1. The predicted octanol–water partition coefficient (Wildman–Crippen LogP) is 3.34. The number of nitrogens with one attached hydrogen (secondary N) is 1. The van der Waals surface area contributed by atoms with E-state index in [1.54, 1.807) is 0 Å². The molecule has 0 aliphatic rings. The zero-order valence-corrected chi connectivity index (χ0v) is 13.9. The van der Waals surface area contributed by atoms with Gasteiger partial charge in [-0.2, -0.15) is 0 Å². The molecule has 0 radical (unpaired) electrons. The van der Waals surface area contributed by atoms with Gasteiger partial charge < -0.3 is 10.4 Å². The van der Waals surface area contributed by atoms with E-state index in [-0.39, 0.29) is 18.4 Å². The van der Waals surface area contributed by atoms with Crippen molar-refractivity contribution in [1.82, 2.24) is 5.32 Å². The number of carbonyl (C=O) groups is 1. The lowest BCUT2D eigenvalue weighted by molar-refractivity contribution is -0.121. The predicted molar refractivity (Wildman–Crippen MR) is 93.3 cm³/mol. The first kappa shape index (κ1) is 17.2. The standard InChI is InChI=1S/C20H25NO2/c1-15-5-3-4-6-19(15)16(2)13-20(23)21-12-11-17-7-9-18(14-22)10-8-17/h3-10,16,22H,11-14H2,1-2H3,(H,21,23). The highest BCUT2D eigenvalue weighted by atomic mass is 16.3. The molecule has 1 unspecified atom stereocenters. The molecule has 0 bridgehead atoms. The maximum Gasteiger partial charge on any atom is 0.220 e. The van der Waals surface area contributed by atoms with Crippen molar-refractivity contribution in [2.75, 3.05) is 6.54 Å². The van der Waals surface area contributed by atoms with Gasteiger partial charge in [-0.1, -0.05) is 55.5 Å². The van der Waals surface area contributed by atoms with Gasteiger partial charge in [0.15, 0.2) is 0 Å². The van der Waals surface area contributed by atoms with Crippen LogP contribution in [0.2, 0.25) is 0 Å². The highest BCUT2D eigenvalue weighted by molar-refractivity contribution is 5.76. The number of hydrogen-bond donors (Lipinski definition) is 2. The Bertz CT molecular complexity index is 634. The largest absolute Gasteiger partial charge is 0.392 e. The van der Waals surface area contributed by atoms with E-state index in [9.17, 15) is 4.79 Å². The Balaban J connectivity index is 1.77. The van der Waals surface area contributed by atoms with Crippen LogP contribution in [0.1, 0.15) is 41.5 Å². The molecule has 2 N–H and O–H groups in total. The molecule has 2 aromatic carbocycles. The van der Waals surface area contributed by atoms with Gasteiger partial charge in [-0.15, -0.1) is 0 Å². The monoisotopic (exact) mass is 311 g/mol. The van der Waals surface area contributed by atoms with Crippen LogP contribution in [0, 0.1) is 6.92 Å². The topological polar surface area (TPSA) is 49.3 Å². The molecule has 1 atom stereocenters. The second kappa shape index (κ2) is 8.49. The van der Waals surface area contributed by atoms with E-state index in [1.165, 1.54) is 11.1 Å². The molecule has 3 heteroatoms. The van der Waals surface area contributed by atoms with E-state index in [1.807, 2.05) is 36.4 Å². The molecule has 0 fully saturated rings. The highest BCUT2D eigenvalue weighted by Gasteiger charge is 2.12. The number of aliphatic hydroxyl groups is 1. The lowest BCUT2D eigenvalue weighted by Gasteiger charge is -2.14. The first-order chi connectivity index (χ1) is 11.1. The van der Waals surface area contributed by atoms with Crippen molar-refractivity contribution in [2.24, 2.45) is 0 Å². The Labute approximate surface area is 138 Å². The van der Waals surface area contributed by atoms with Crippen LogP contribution in [0.4, 0.5) is 0 Å². The van der Waals surface area contributed by atoms with Gasteiger partial charge >= 0.3 is 0 Å². The minimum absolute atomic E-state index is 0.0633. The van der Waals surface area contributed by atoms with Gasteiger partial charge in [0.2, 0.25) is 5.91 Å². The molecule has 0 aromatic heterocycles. The fourth-order valence-electron chi connectivity index (χ4n) is 2.76. The maximum atomic E-state index is 12.1. The van der Waals surface area contributed by atoms with Crippen molar-refractivity contribution in [3.8, 4) is 0 Å². The normalized spacial score (nSPS) is 12.0. The molecule has 122 valence electrons. The number of benzene rings is 2. The smallest absolute Gasteiger partial charge is 0.220 e. The van der Waals surface area contributed by atoms with Gasteiger partial charge in [-0.3, -0.25) is 4.79 Å². The fourth-order valence-corrected chi connectivity index (χ4v) is 2.76. The van der Waals surface area contributed by atoms with Crippen LogP contribution in [0.15, 0.2) is 48.5 Å². The van der Waals surface area contributed by atoms with Crippen LogP contribution >= 0.6 is 0 Å². The second-order valence-corrected chi connectivity index (χ2v) is 6.04. The summed E-state index contributed by atoms with van der Waals surface area (Å²) in [5, 5.41) is 12.0. The summed E-state index contributed by atoms with van der Waals surface area (Å²) < 4.78 is 0. The molecule has 0 saturated carbocycles. The van der Waals surface area contributed by atoms with Crippen molar-refractivity contribution in [3.63, 3.8) is 0 Å². The number of aliphatic hydroxyl groups excluding tert-OH is 1. The minimum atomic E-state index is 0.0633. The zero-order valence-electron chi connectivity index (χ0n) is 13.9. The first-order valence-electron chi connectivity index (χ1n) is 8.11. The van der Waals surface area contributed by atoms with Crippen molar-refractivity contribution < 1.29 is 9.90 Å². The third-order valence-corrected chi connectivity index (χ3v) is 4.15. The van der Waals surface area contributed by atoms with Gasteiger partial charge in [0.05, 0.1) is 6.61 Å². The van der Waals surface area contributed by atoms with Crippen molar-refractivity contribution in [2.45, 2.75) is 39.2 Å². The summed E-state index contributed by atoms with van der Waals surface area (Å²) in [6, 6.07) is 16.0. The highest BCUT2D eigenvalue weighted by Crippen LogP contribution is 2.22. The van der Waals surface area contributed by atoms with Crippen LogP contribution in [0.25, 0.3) is 0 Å². The molecule has 0 saturated heterocycles. The average molecular weight is 311 g/mol. The first-order valence-corrected chi connectivity index (χ1v) is 8.11. The summed E-state index contributed by atoms with van der Waals surface area (Å²) in [6.07, 6.45) is 1.31. The minimum Gasteiger partial charge on any atom is -0.392 e. The zero-order chi connectivity index (χ0) is 16.7. The third kappa shape index (κ3) is 5.22. The van der Waals surface area contributed by atoms with Crippen molar-refractivity contribution >= 4 is 5.91 Å². The molecule has 2 rings (SSSR count). The summed E-state index contributed by atoms with van der Waals surface area (Å²) in [5.74, 6) is 0.313. The molecule has 0 aliphatic carbocycles. The molecule has 0 spiro atoms. The Hall–Kier alpha value is -2.13. The Morgan fingerprint density at radius 1 is 1.09 bits per heavy atom. The SMILES string of the molecule is Cc1ccccc1C(C)CC(=O)NCCc1ccc(CO)cc1. The summed E-state index contributed by atoms with van der Waals surface area (Å²) in [5.41, 5.74) is 4.54. The number of rotatable bonds is 7. The van der Waals surface area contributed by atoms with Gasteiger partial charge in [-0.25, -0.2) is 0 Å². The van der Waals surface area contributed by atoms with Crippen LogP contribution in [-0.2, 0) is 17.8 Å². The van der Waals surface area contributed by atoms with E-state index < -0.39 is 0 Å². The summed E-state index contributed by atoms with van der Waals surface area (Å²) >= 11 is 0. The number of carbonyl (C=O) groups excluding carboxylic acids is 1. The summed E-state index contributed by atoms with van der Waals surface area (Å²) in [7, 11) is 0. The van der Waals surface area contributed by atoms with Crippen LogP contribution in [0.3, 0.4) is 0 Å². The Kier molecular flexibility index (Phi) is 6.36. The number of hydrogen-bond acceptors (Lipinski definition) is 2.